The summed E-state index contributed by atoms with van der Waals surface area (Å²) in [7, 11) is 0. The zero-order valence-corrected chi connectivity index (χ0v) is 37.4. The number of carbonyl (C=O) groups is 3. The number of hydrogen-bond acceptors (Lipinski definition) is 6. The van der Waals surface area contributed by atoms with E-state index in [1.54, 1.807) is 0 Å². The number of carbonyl (C=O) groups excluding carboxylic acids is 3. The lowest BCUT2D eigenvalue weighted by atomic mass is 10.1. The van der Waals surface area contributed by atoms with Gasteiger partial charge in [0.05, 0.1) is 0 Å². The fraction of sp³-hybridized carbons (Fsp3) is 0.860. The molecule has 6 nitrogen and oxygen atoms in total. The van der Waals surface area contributed by atoms with Gasteiger partial charge in [-0.25, -0.2) is 0 Å². The van der Waals surface area contributed by atoms with E-state index < -0.39 is 6.10 Å². The molecule has 0 heterocycles. The van der Waals surface area contributed by atoms with Crippen molar-refractivity contribution in [3.8, 4) is 0 Å². The van der Waals surface area contributed by atoms with Gasteiger partial charge in [-0.05, 0) is 70.6 Å². The fourth-order valence-corrected chi connectivity index (χ4v) is 6.96. The third-order valence-electron chi connectivity index (χ3n) is 10.7. The van der Waals surface area contributed by atoms with Crippen molar-refractivity contribution in [3.63, 3.8) is 0 Å². The maximum absolute atomic E-state index is 12.7. The summed E-state index contributed by atoms with van der Waals surface area (Å²) in [5.41, 5.74) is 0. The monoisotopic (exact) mass is 789 g/mol. The third-order valence-corrected chi connectivity index (χ3v) is 10.7. The van der Waals surface area contributed by atoms with E-state index in [1.165, 1.54) is 141 Å². The average Bonchev–Trinajstić information content (AvgIpc) is 3.19. The van der Waals surface area contributed by atoms with E-state index in [2.05, 4.69) is 45.1 Å². The van der Waals surface area contributed by atoms with Crippen LogP contribution in [0.3, 0.4) is 0 Å². The molecule has 0 aliphatic heterocycles. The van der Waals surface area contributed by atoms with Crippen molar-refractivity contribution in [3.05, 3.63) is 24.3 Å². The van der Waals surface area contributed by atoms with Crippen LogP contribution in [0.15, 0.2) is 24.3 Å². The van der Waals surface area contributed by atoms with Gasteiger partial charge in [-0.3, -0.25) is 14.4 Å². The summed E-state index contributed by atoms with van der Waals surface area (Å²) in [5, 5.41) is 0. The molecule has 0 fully saturated rings. The van der Waals surface area contributed by atoms with E-state index >= 15 is 0 Å². The van der Waals surface area contributed by atoms with Crippen LogP contribution >= 0.6 is 0 Å². The molecule has 0 aromatic heterocycles. The first-order valence-electron chi connectivity index (χ1n) is 24.3. The van der Waals surface area contributed by atoms with Crippen LogP contribution in [0.5, 0.6) is 0 Å². The van der Waals surface area contributed by atoms with Crippen molar-refractivity contribution in [2.24, 2.45) is 0 Å². The lowest BCUT2D eigenvalue weighted by Gasteiger charge is -2.18. The molecule has 56 heavy (non-hydrogen) atoms. The molecule has 0 amide bonds. The van der Waals surface area contributed by atoms with Gasteiger partial charge < -0.3 is 14.2 Å². The second-order valence-corrected chi connectivity index (χ2v) is 16.4. The molecule has 0 aromatic carbocycles. The molecule has 0 spiro atoms. The van der Waals surface area contributed by atoms with E-state index in [0.717, 1.165) is 77.0 Å². The van der Waals surface area contributed by atoms with Gasteiger partial charge in [0.2, 0.25) is 0 Å². The first-order chi connectivity index (χ1) is 27.5. The summed E-state index contributed by atoms with van der Waals surface area (Å²) in [5.74, 6) is -0.897. The maximum Gasteiger partial charge on any atom is 0.306 e. The van der Waals surface area contributed by atoms with Crippen molar-refractivity contribution in [1.82, 2.24) is 0 Å². The Bertz CT molecular complexity index is 911. The minimum absolute atomic E-state index is 0.0772. The lowest BCUT2D eigenvalue weighted by Crippen LogP contribution is -2.30. The Morgan fingerprint density at radius 2 is 0.589 bits per heavy atom. The topological polar surface area (TPSA) is 78.9 Å². The van der Waals surface area contributed by atoms with Crippen molar-refractivity contribution >= 4 is 17.9 Å². The Morgan fingerprint density at radius 3 is 0.911 bits per heavy atom. The normalized spacial score (nSPS) is 12.1. The summed E-state index contributed by atoms with van der Waals surface area (Å²) in [6, 6.07) is 0. The Labute approximate surface area is 347 Å². The number of hydrogen-bond donors (Lipinski definition) is 0. The van der Waals surface area contributed by atoms with Crippen LogP contribution in [0.1, 0.15) is 258 Å². The molecule has 1 unspecified atom stereocenters. The van der Waals surface area contributed by atoms with E-state index in [0.29, 0.717) is 19.3 Å². The lowest BCUT2D eigenvalue weighted by molar-refractivity contribution is -0.167. The molecule has 6 heteroatoms. The molecule has 0 aromatic rings. The van der Waals surface area contributed by atoms with Crippen LogP contribution in [-0.4, -0.2) is 37.2 Å². The summed E-state index contributed by atoms with van der Waals surface area (Å²) in [6.07, 6.45) is 50.2. The highest BCUT2D eigenvalue weighted by molar-refractivity contribution is 5.71. The molecule has 0 saturated carbocycles. The zero-order chi connectivity index (χ0) is 40.8. The first kappa shape index (κ1) is 53.9. The Hall–Kier alpha value is -2.11. The number of esters is 3. The average molecular weight is 789 g/mol. The van der Waals surface area contributed by atoms with Crippen LogP contribution in [-0.2, 0) is 28.6 Å². The summed E-state index contributed by atoms with van der Waals surface area (Å²) in [4.78, 5) is 37.7. The van der Waals surface area contributed by atoms with E-state index in [9.17, 15) is 14.4 Å². The summed E-state index contributed by atoms with van der Waals surface area (Å²) < 4.78 is 16.7. The molecule has 328 valence electrons. The Balaban J connectivity index is 4.34. The predicted molar refractivity (Wildman–Crippen MR) is 238 cm³/mol. The van der Waals surface area contributed by atoms with Gasteiger partial charge in [0, 0.05) is 19.3 Å². The van der Waals surface area contributed by atoms with Gasteiger partial charge in [-0.2, -0.15) is 0 Å². The quantitative estimate of drug-likeness (QED) is 0.0265. The van der Waals surface area contributed by atoms with E-state index in [4.69, 9.17) is 14.2 Å². The van der Waals surface area contributed by atoms with Crippen molar-refractivity contribution in [2.75, 3.05) is 13.2 Å². The van der Waals surface area contributed by atoms with Gasteiger partial charge in [-0.1, -0.05) is 193 Å². The Kier molecular flexibility index (Phi) is 43.9. The second-order valence-electron chi connectivity index (χ2n) is 16.4. The predicted octanol–water partition coefficient (Wildman–Crippen LogP) is 15.6. The molecule has 0 radical (unpaired) electrons. The van der Waals surface area contributed by atoms with E-state index in [1.807, 2.05) is 0 Å². The molecule has 0 saturated heterocycles. The largest absolute Gasteiger partial charge is 0.462 e. The molecule has 0 rings (SSSR count). The van der Waals surface area contributed by atoms with Crippen molar-refractivity contribution < 1.29 is 28.6 Å². The minimum atomic E-state index is -0.776. The van der Waals surface area contributed by atoms with Crippen LogP contribution in [0.2, 0.25) is 0 Å². The van der Waals surface area contributed by atoms with Gasteiger partial charge in [-0.15, -0.1) is 0 Å². The Morgan fingerprint density at radius 1 is 0.339 bits per heavy atom. The van der Waals surface area contributed by atoms with Crippen LogP contribution in [0.4, 0.5) is 0 Å². The standard InChI is InChI=1S/C50H92O6/c1-4-7-10-13-16-19-21-23-24-25-27-28-31-34-37-40-43-49(52)55-46-47(45-54-48(51)42-39-36-33-30-18-15-12-9-6-3)56-50(53)44-41-38-35-32-29-26-22-20-17-14-11-8-5-2/h24-26,29,47H,4-23,27-28,30-46H2,1-3H3/b25-24-,29-26-. The molecule has 0 aliphatic carbocycles. The first-order valence-corrected chi connectivity index (χ1v) is 24.3. The summed E-state index contributed by atoms with van der Waals surface area (Å²) in [6.45, 7) is 6.60. The van der Waals surface area contributed by atoms with Gasteiger partial charge >= 0.3 is 17.9 Å². The highest BCUT2D eigenvalue weighted by Gasteiger charge is 2.19. The molecular weight excluding hydrogens is 697 g/mol. The second kappa shape index (κ2) is 45.6. The molecule has 0 N–H and O–H groups in total. The molecule has 0 aliphatic rings. The summed E-state index contributed by atoms with van der Waals surface area (Å²) >= 11 is 0. The maximum atomic E-state index is 12.7. The highest BCUT2D eigenvalue weighted by Crippen LogP contribution is 2.14. The van der Waals surface area contributed by atoms with Gasteiger partial charge in [0.25, 0.3) is 0 Å². The van der Waals surface area contributed by atoms with Gasteiger partial charge in [0.15, 0.2) is 6.10 Å². The third kappa shape index (κ3) is 43.0. The van der Waals surface area contributed by atoms with Crippen molar-refractivity contribution in [2.45, 2.75) is 264 Å². The molecule has 0 bridgehead atoms. The number of unbranched alkanes of at least 4 members (excludes halogenated alkanes) is 29. The SMILES string of the molecule is CCCCCCCC/C=C\CCCCCC(=O)OC(COC(=O)CCCCCCC/C=C\CCCCCCCCC)COC(=O)CCCCCCCCCCC. The van der Waals surface area contributed by atoms with E-state index in [-0.39, 0.29) is 31.1 Å². The van der Waals surface area contributed by atoms with Gasteiger partial charge in [0.1, 0.15) is 13.2 Å². The zero-order valence-electron chi connectivity index (χ0n) is 37.4. The van der Waals surface area contributed by atoms with Crippen LogP contribution in [0.25, 0.3) is 0 Å². The highest BCUT2D eigenvalue weighted by atomic mass is 16.6. The number of allylic oxidation sites excluding steroid dienone is 4. The van der Waals surface area contributed by atoms with Crippen LogP contribution in [0, 0.1) is 0 Å². The fourth-order valence-electron chi connectivity index (χ4n) is 6.96. The smallest absolute Gasteiger partial charge is 0.306 e. The number of rotatable bonds is 44. The number of ether oxygens (including phenoxy) is 3. The van der Waals surface area contributed by atoms with Crippen molar-refractivity contribution in [1.29, 1.82) is 0 Å². The molecule has 1 atom stereocenters. The molecular formula is C50H92O6. The minimum Gasteiger partial charge on any atom is -0.462 e. The van der Waals surface area contributed by atoms with Crippen LogP contribution < -0.4 is 0 Å².